The van der Waals surface area contributed by atoms with E-state index >= 15 is 0 Å². The molecule has 0 N–H and O–H groups in total. The van der Waals surface area contributed by atoms with Crippen LogP contribution in [0.3, 0.4) is 0 Å². The molecule has 0 atom stereocenters. The van der Waals surface area contributed by atoms with Crippen LogP contribution in [0.15, 0.2) is 6.33 Å². The summed E-state index contributed by atoms with van der Waals surface area (Å²) in [7, 11) is 0. The van der Waals surface area contributed by atoms with Gasteiger partial charge in [-0.25, -0.2) is 15.0 Å². The van der Waals surface area contributed by atoms with Crippen molar-refractivity contribution in [1.29, 1.82) is 5.26 Å². The quantitative estimate of drug-likeness (QED) is 0.654. The monoisotopic (exact) mass is 365 g/mol. The molecule has 3 aromatic heterocycles. The van der Waals surface area contributed by atoms with Crippen LogP contribution < -0.4 is 4.90 Å². The smallest absolute Gasteiger partial charge is 0.150 e. The molecule has 0 saturated carbocycles. The van der Waals surface area contributed by atoms with Crippen molar-refractivity contribution in [3.05, 3.63) is 22.6 Å². The molecule has 3 aromatic rings. The lowest BCUT2D eigenvalue weighted by molar-refractivity contribution is 0.501. The van der Waals surface area contributed by atoms with Gasteiger partial charge in [-0.2, -0.15) is 5.26 Å². The highest BCUT2D eigenvalue weighted by Crippen LogP contribution is 2.41. The van der Waals surface area contributed by atoms with Gasteiger partial charge in [-0.05, 0) is 19.4 Å². The molecular weight excluding hydrogens is 353 g/mol. The average molecular weight is 366 g/mol. The topological polar surface area (TPSA) is 65.7 Å². The molecule has 0 aromatic carbocycles. The Hall–Kier alpha value is -1.68. The van der Waals surface area contributed by atoms with E-state index in [1.54, 1.807) is 17.7 Å². The van der Waals surface area contributed by atoms with Gasteiger partial charge in [-0.1, -0.05) is 11.6 Å². The fraction of sp³-hybridized carbons (Fsp3) is 0.333. The minimum Gasteiger partial charge on any atom is -0.353 e. The number of hydrogen-bond donors (Lipinski definition) is 0. The molecule has 118 valence electrons. The lowest BCUT2D eigenvalue weighted by Crippen LogP contribution is -2.46. The van der Waals surface area contributed by atoms with Gasteiger partial charge in [0.1, 0.15) is 17.0 Å². The number of aromatic nitrogens is 3. The molecule has 0 spiro atoms. The molecule has 0 bridgehead atoms. The summed E-state index contributed by atoms with van der Waals surface area (Å²) in [4.78, 5) is 16.5. The predicted molar refractivity (Wildman–Crippen MR) is 95.8 cm³/mol. The average Bonchev–Trinajstić information content (AvgIpc) is 2.82. The van der Waals surface area contributed by atoms with E-state index in [1.165, 1.54) is 0 Å². The SMILES string of the molecule is Cc1nc2sc3c(N4CC(C#N)C4)ncnc3c2c(C)c1Cl.Cl. The first-order valence-corrected chi connectivity index (χ1v) is 8.14. The molecule has 5 nitrogen and oxygen atoms in total. The number of thiophene rings is 1. The van der Waals surface area contributed by atoms with Gasteiger partial charge in [0.2, 0.25) is 0 Å². The Bertz CT molecular complexity index is 956. The van der Waals surface area contributed by atoms with E-state index in [4.69, 9.17) is 16.9 Å². The van der Waals surface area contributed by atoms with Crippen LogP contribution in [0.25, 0.3) is 20.4 Å². The van der Waals surface area contributed by atoms with E-state index in [1.807, 2.05) is 13.8 Å². The second-order valence-electron chi connectivity index (χ2n) is 5.52. The van der Waals surface area contributed by atoms with Crippen LogP contribution in [-0.2, 0) is 0 Å². The molecule has 0 aliphatic carbocycles. The lowest BCUT2D eigenvalue weighted by atomic mass is 10.0. The van der Waals surface area contributed by atoms with Crippen molar-refractivity contribution in [2.75, 3.05) is 18.0 Å². The maximum atomic E-state index is 8.94. The number of rotatable bonds is 1. The summed E-state index contributed by atoms with van der Waals surface area (Å²) in [6, 6.07) is 2.29. The summed E-state index contributed by atoms with van der Waals surface area (Å²) in [5.41, 5.74) is 2.75. The van der Waals surface area contributed by atoms with Crippen molar-refractivity contribution < 1.29 is 0 Å². The zero-order valence-corrected chi connectivity index (χ0v) is 14.9. The van der Waals surface area contributed by atoms with E-state index in [9.17, 15) is 0 Å². The largest absolute Gasteiger partial charge is 0.353 e. The fourth-order valence-electron chi connectivity index (χ4n) is 2.84. The predicted octanol–water partition coefficient (Wildman–Crippen LogP) is 3.89. The molecule has 1 aliphatic heterocycles. The number of nitrogens with zero attached hydrogens (tertiary/aromatic N) is 5. The van der Waals surface area contributed by atoms with Crippen molar-refractivity contribution in [3.8, 4) is 6.07 Å². The van der Waals surface area contributed by atoms with Crippen molar-refractivity contribution in [3.63, 3.8) is 0 Å². The van der Waals surface area contributed by atoms with E-state index in [0.29, 0.717) is 5.02 Å². The zero-order valence-electron chi connectivity index (χ0n) is 12.5. The van der Waals surface area contributed by atoms with Gasteiger partial charge >= 0.3 is 0 Å². The molecule has 1 aliphatic rings. The second kappa shape index (κ2) is 5.75. The maximum absolute atomic E-state index is 8.94. The summed E-state index contributed by atoms with van der Waals surface area (Å²) in [5.74, 6) is 0.989. The Morgan fingerprint density at radius 2 is 2.09 bits per heavy atom. The van der Waals surface area contributed by atoms with Gasteiger partial charge in [0.25, 0.3) is 0 Å². The van der Waals surface area contributed by atoms with Crippen LogP contribution in [0, 0.1) is 31.1 Å². The number of anilines is 1. The van der Waals surface area contributed by atoms with E-state index < -0.39 is 0 Å². The highest BCUT2D eigenvalue weighted by Gasteiger charge is 2.30. The van der Waals surface area contributed by atoms with Gasteiger partial charge in [-0.15, -0.1) is 23.7 Å². The standard InChI is InChI=1S/C15H12ClN5S.ClH/c1-7-10-12-13(22-15(10)20-8(2)11(7)16)14(19-6-18-12)21-4-9(3-17)5-21;/h6,9H,4-5H2,1-2H3;1H. The number of aryl methyl sites for hydroxylation is 2. The van der Waals surface area contributed by atoms with Crippen molar-refractivity contribution in [1.82, 2.24) is 15.0 Å². The van der Waals surface area contributed by atoms with E-state index in [0.717, 1.165) is 50.6 Å². The summed E-state index contributed by atoms with van der Waals surface area (Å²) >= 11 is 7.94. The number of pyridine rings is 1. The molecule has 23 heavy (non-hydrogen) atoms. The van der Waals surface area contributed by atoms with Crippen molar-refractivity contribution >= 4 is 61.6 Å². The Morgan fingerprint density at radius 1 is 1.35 bits per heavy atom. The van der Waals surface area contributed by atoms with Gasteiger partial charge < -0.3 is 4.90 Å². The molecule has 0 amide bonds. The first kappa shape index (κ1) is 16.2. The molecule has 4 rings (SSSR count). The molecule has 0 radical (unpaired) electrons. The minimum atomic E-state index is 0. The lowest BCUT2D eigenvalue weighted by Gasteiger charge is -2.36. The second-order valence-corrected chi connectivity index (χ2v) is 6.90. The third kappa shape index (κ3) is 2.31. The first-order valence-electron chi connectivity index (χ1n) is 6.94. The normalized spacial score (nSPS) is 14.6. The molecule has 8 heteroatoms. The van der Waals surface area contributed by atoms with Crippen LogP contribution in [0.2, 0.25) is 5.02 Å². The number of fused-ring (bicyclic) bond motifs is 3. The van der Waals surface area contributed by atoms with Crippen LogP contribution in [0.4, 0.5) is 5.82 Å². The van der Waals surface area contributed by atoms with Crippen molar-refractivity contribution in [2.24, 2.45) is 5.92 Å². The fourth-order valence-corrected chi connectivity index (χ4v) is 4.23. The van der Waals surface area contributed by atoms with Gasteiger partial charge in [0.15, 0.2) is 0 Å². The van der Waals surface area contributed by atoms with Crippen LogP contribution in [-0.4, -0.2) is 28.0 Å². The maximum Gasteiger partial charge on any atom is 0.150 e. The Morgan fingerprint density at radius 3 is 2.78 bits per heavy atom. The van der Waals surface area contributed by atoms with Gasteiger partial charge in [-0.3, -0.25) is 0 Å². The van der Waals surface area contributed by atoms with Crippen LogP contribution in [0.5, 0.6) is 0 Å². The van der Waals surface area contributed by atoms with Crippen LogP contribution >= 0.6 is 35.3 Å². The summed E-state index contributed by atoms with van der Waals surface area (Å²) < 4.78 is 1.02. The number of halogens is 2. The summed E-state index contributed by atoms with van der Waals surface area (Å²) in [5, 5.41) is 10.7. The third-order valence-corrected chi connectivity index (χ3v) is 5.71. The Labute approximate surface area is 148 Å². The summed E-state index contributed by atoms with van der Waals surface area (Å²) in [6.45, 7) is 5.37. The Kier molecular flexibility index (Phi) is 4.05. The zero-order chi connectivity index (χ0) is 15.4. The third-order valence-electron chi connectivity index (χ3n) is 4.09. The molecule has 4 heterocycles. The molecular formula is C15H13Cl2N5S. The highest BCUT2D eigenvalue weighted by atomic mass is 35.5. The first-order chi connectivity index (χ1) is 10.6. The summed E-state index contributed by atoms with van der Waals surface area (Å²) in [6.07, 6.45) is 1.58. The number of nitriles is 1. The molecule has 1 fully saturated rings. The molecule has 1 saturated heterocycles. The van der Waals surface area contributed by atoms with E-state index in [-0.39, 0.29) is 18.3 Å². The van der Waals surface area contributed by atoms with Gasteiger partial charge in [0.05, 0.1) is 32.9 Å². The Balaban J connectivity index is 0.00000156. The highest BCUT2D eigenvalue weighted by molar-refractivity contribution is 7.26. The number of hydrogen-bond acceptors (Lipinski definition) is 6. The molecule has 0 unspecified atom stereocenters. The van der Waals surface area contributed by atoms with Crippen LogP contribution in [0.1, 0.15) is 11.3 Å². The minimum absolute atomic E-state index is 0. The van der Waals surface area contributed by atoms with Crippen molar-refractivity contribution in [2.45, 2.75) is 13.8 Å². The van der Waals surface area contributed by atoms with E-state index in [2.05, 4.69) is 25.9 Å². The van der Waals surface area contributed by atoms with Gasteiger partial charge in [0, 0.05) is 18.5 Å².